The maximum absolute atomic E-state index is 12.3. The number of hydrogen-bond acceptors (Lipinski definition) is 6. The van der Waals surface area contributed by atoms with Gasteiger partial charge in [-0.1, -0.05) is 18.2 Å². The average Bonchev–Trinajstić information content (AvgIpc) is 2.64. The van der Waals surface area contributed by atoms with Crippen LogP contribution in [0.15, 0.2) is 42.5 Å². The molecule has 3 N–H and O–H groups in total. The summed E-state index contributed by atoms with van der Waals surface area (Å²) in [7, 11) is 0. The molecule has 8 heteroatoms. The molecule has 2 heterocycles. The summed E-state index contributed by atoms with van der Waals surface area (Å²) in [5.74, 6) is 1.37. The molecule has 0 saturated heterocycles. The highest BCUT2D eigenvalue weighted by Crippen LogP contribution is 2.15. The van der Waals surface area contributed by atoms with Crippen molar-refractivity contribution in [3.05, 3.63) is 48.2 Å². The van der Waals surface area contributed by atoms with Crippen molar-refractivity contribution in [3.8, 4) is 0 Å². The van der Waals surface area contributed by atoms with Gasteiger partial charge in [0.05, 0.1) is 5.52 Å². The Morgan fingerprint density at radius 3 is 2.61 bits per heavy atom. The number of amides is 2. The van der Waals surface area contributed by atoms with Crippen LogP contribution in [0.2, 0.25) is 0 Å². The normalized spacial score (nSPS) is 10.5. The molecule has 0 bridgehead atoms. The van der Waals surface area contributed by atoms with Crippen molar-refractivity contribution in [2.24, 2.45) is 0 Å². The molecule has 0 radical (unpaired) electrons. The van der Waals surface area contributed by atoms with Crippen LogP contribution in [0, 0.1) is 6.92 Å². The second-order valence-electron chi connectivity index (χ2n) is 6.42. The number of anilines is 3. The van der Waals surface area contributed by atoms with Gasteiger partial charge >= 0.3 is 6.03 Å². The number of benzene rings is 1. The Bertz CT molecular complexity index is 1000. The first-order valence-electron chi connectivity index (χ1n) is 9.02. The summed E-state index contributed by atoms with van der Waals surface area (Å²) in [5, 5.41) is 9.44. The molecule has 0 saturated carbocycles. The van der Waals surface area contributed by atoms with E-state index in [1.807, 2.05) is 37.3 Å². The van der Waals surface area contributed by atoms with Gasteiger partial charge in [-0.15, -0.1) is 0 Å². The minimum absolute atomic E-state index is 0.155. The van der Waals surface area contributed by atoms with E-state index < -0.39 is 6.03 Å². The lowest BCUT2D eigenvalue weighted by Gasteiger charge is -2.10. The van der Waals surface area contributed by atoms with Gasteiger partial charge in [0.15, 0.2) is 0 Å². The zero-order valence-electron chi connectivity index (χ0n) is 15.8. The van der Waals surface area contributed by atoms with Crippen LogP contribution in [0.25, 0.3) is 10.9 Å². The Morgan fingerprint density at radius 1 is 0.964 bits per heavy atom. The number of nitrogens with zero attached hydrogens (tertiary/aromatic N) is 3. The zero-order chi connectivity index (χ0) is 19.9. The number of rotatable bonds is 7. The number of Topliss-reactive ketones (excluding diaryl/α,β-unsaturated/α-hetero) is 1. The van der Waals surface area contributed by atoms with E-state index in [0.29, 0.717) is 30.3 Å². The first-order valence-corrected chi connectivity index (χ1v) is 9.02. The van der Waals surface area contributed by atoms with Crippen LogP contribution >= 0.6 is 0 Å². The molecule has 28 heavy (non-hydrogen) atoms. The number of fused-ring (bicyclic) bond motifs is 1. The Labute approximate surface area is 162 Å². The fourth-order valence-corrected chi connectivity index (χ4v) is 2.65. The van der Waals surface area contributed by atoms with Crippen molar-refractivity contribution < 1.29 is 9.59 Å². The van der Waals surface area contributed by atoms with Gasteiger partial charge in [-0.3, -0.25) is 10.6 Å². The molecule has 3 rings (SSSR count). The molecule has 2 amide bonds. The largest absolute Gasteiger partial charge is 0.370 e. The van der Waals surface area contributed by atoms with E-state index in [1.165, 1.54) is 0 Å². The van der Waals surface area contributed by atoms with Crippen molar-refractivity contribution in [2.75, 3.05) is 22.5 Å². The molecule has 144 valence electrons. The summed E-state index contributed by atoms with van der Waals surface area (Å²) < 4.78 is 0. The number of pyridine rings is 1. The minimum Gasteiger partial charge on any atom is -0.370 e. The summed E-state index contributed by atoms with van der Waals surface area (Å²) in [4.78, 5) is 36.2. The summed E-state index contributed by atoms with van der Waals surface area (Å²) in [6, 6.07) is 12.6. The van der Waals surface area contributed by atoms with Crippen molar-refractivity contribution in [3.63, 3.8) is 0 Å². The Kier molecular flexibility index (Phi) is 6.11. The molecule has 0 aliphatic rings. The van der Waals surface area contributed by atoms with Gasteiger partial charge in [0.2, 0.25) is 5.95 Å². The molecule has 3 aromatic rings. The zero-order valence-corrected chi connectivity index (χ0v) is 15.8. The maximum Gasteiger partial charge on any atom is 0.327 e. The number of ketones is 1. The SMILES string of the molecule is CC(=O)CCCNc1cc(C)nc(NC(=O)Nc2ccc3ccccc3n2)n1. The van der Waals surface area contributed by atoms with Crippen molar-refractivity contribution >= 4 is 40.3 Å². The highest BCUT2D eigenvalue weighted by atomic mass is 16.2. The van der Waals surface area contributed by atoms with E-state index >= 15 is 0 Å². The van der Waals surface area contributed by atoms with Gasteiger partial charge in [-0.2, -0.15) is 4.98 Å². The second kappa shape index (κ2) is 8.90. The molecule has 0 aliphatic heterocycles. The first kappa shape index (κ1) is 19.2. The number of para-hydroxylation sites is 1. The summed E-state index contributed by atoms with van der Waals surface area (Å²) in [6.07, 6.45) is 1.23. The van der Waals surface area contributed by atoms with Crippen LogP contribution in [0.5, 0.6) is 0 Å². The van der Waals surface area contributed by atoms with E-state index in [0.717, 1.165) is 17.3 Å². The van der Waals surface area contributed by atoms with E-state index in [2.05, 4.69) is 30.9 Å². The third-order valence-corrected chi connectivity index (χ3v) is 3.93. The number of nitrogens with one attached hydrogen (secondary N) is 3. The lowest BCUT2D eigenvalue weighted by Crippen LogP contribution is -2.22. The molecule has 0 atom stereocenters. The van der Waals surface area contributed by atoms with Crippen LogP contribution < -0.4 is 16.0 Å². The van der Waals surface area contributed by atoms with Gasteiger partial charge in [0.1, 0.15) is 17.4 Å². The van der Waals surface area contributed by atoms with Crippen LogP contribution in [-0.2, 0) is 4.79 Å². The maximum atomic E-state index is 12.3. The Morgan fingerprint density at radius 2 is 1.79 bits per heavy atom. The summed E-state index contributed by atoms with van der Waals surface area (Å²) >= 11 is 0. The fourth-order valence-electron chi connectivity index (χ4n) is 2.65. The predicted octanol–water partition coefficient (Wildman–Crippen LogP) is 3.76. The van der Waals surface area contributed by atoms with Gasteiger partial charge < -0.3 is 10.1 Å². The van der Waals surface area contributed by atoms with E-state index in [9.17, 15) is 9.59 Å². The van der Waals surface area contributed by atoms with Crippen molar-refractivity contribution in [2.45, 2.75) is 26.7 Å². The number of carbonyl (C=O) groups is 2. The van der Waals surface area contributed by atoms with Crippen LogP contribution in [-0.4, -0.2) is 33.3 Å². The van der Waals surface area contributed by atoms with Gasteiger partial charge in [-0.05, 0) is 38.5 Å². The van der Waals surface area contributed by atoms with Gasteiger partial charge in [0, 0.05) is 30.1 Å². The Balaban J connectivity index is 1.61. The molecule has 0 aliphatic carbocycles. The smallest absolute Gasteiger partial charge is 0.327 e. The predicted molar refractivity (Wildman–Crippen MR) is 110 cm³/mol. The molecule has 0 fully saturated rings. The number of hydrogen-bond donors (Lipinski definition) is 3. The van der Waals surface area contributed by atoms with Crippen molar-refractivity contribution in [1.82, 2.24) is 15.0 Å². The fraction of sp³-hybridized carbons (Fsp3) is 0.250. The van der Waals surface area contributed by atoms with Crippen LogP contribution in [0.4, 0.5) is 22.4 Å². The highest BCUT2D eigenvalue weighted by Gasteiger charge is 2.08. The summed E-state index contributed by atoms with van der Waals surface area (Å²) in [6.45, 7) is 4.00. The number of carbonyl (C=O) groups excluding carboxylic acids is 2. The number of aryl methyl sites for hydroxylation is 1. The summed E-state index contributed by atoms with van der Waals surface area (Å²) in [5.41, 5.74) is 1.51. The quantitative estimate of drug-likeness (QED) is 0.540. The van der Waals surface area contributed by atoms with E-state index in [1.54, 1.807) is 19.1 Å². The molecule has 1 aromatic carbocycles. The number of urea groups is 1. The van der Waals surface area contributed by atoms with Gasteiger partial charge in [-0.25, -0.2) is 14.8 Å². The lowest BCUT2D eigenvalue weighted by molar-refractivity contribution is -0.117. The molecule has 0 unspecified atom stereocenters. The average molecular weight is 378 g/mol. The molecular weight excluding hydrogens is 356 g/mol. The number of aromatic nitrogens is 3. The molecule has 8 nitrogen and oxygen atoms in total. The van der Waals surface area contributed by atoms with Crippen LogP contribution in [0.1, 0.15) is 25.5 Å². The minimum atomic E-state index is -0.476. The monoisotopic (exact) mass is 378 g/mol. The molecular formula is C20H22N6O2. The van der Waals surface area contributed by atoms with Crippen molar-refractivity contribution in [1.29, 1.82) is 0 Å². The highest BCUT2D eigenvalue weighted by molar-refractivity contribution is 5.98. The second-order valence-corrected chi connectivity index (χ2v) is 6.42. The lowest BCUT2D eigenvalue weighted by atomic mass is 10.2. The van der Waals surface area contributed by atoms with Gasteiger partial charge in [0.25, 0.3) is 0 Å². The Hall–Kier alpha value is -3.55. The van der Waals surface area contributed by atoms with Crippen LogP contribution in [0.3, 0.4) is 0 Å². The first-order chi connectivity index (χ1) is 13.5. The molecule has 0 spiro atoms. The van der Waals surface area contributed by atoms with E-state index in [4.69, 9.17) is 0 Å². The topological polar surface area (TPSA) is 109 Å². The molecule has 2 aromatic heterocycles. The third kappa shape index (κ3) is 5.47. The third-order valence-electron chi connectivity index (χ3n) is 3.93. The van der Waals surface area contributed by atoms with E-state index in [-0.39, 0.29) is 11.7 Å². The standard InChI is InChI=1S/C20H22N6O2/c1-13-12-18(21-11-5-6-14(2)27)24-19(22-13)26-20(28)25-17-10-9-15-7-3-4-8-16(15)23-17/h3-4,7-10,12H,5-6,11H2,1-2H3,(H3,21,22,23,24,25,26,28).